The Morgan fingerprint density at radius 1 is 0.969 bits per heavy atom. The molecule has 0 bridgehead atoms. The number of ether oxygens (including phenoxy) is 3. The average molecular weight is 442 g/mol. The van der Waals surface area contributed by atoms with Gasteiger partial charge in [-0.2, -0.15) is 0 Å². The van der Waals surface area contributed by atoms with Gasteiger partial charge in [0.25, 0.3) is 0 Å². The molecule has 172 valence electrons. The van der Waals surface area contributed by atoms with E-state index >= 15 is 0 Å². The molecule has 0 aliphatic carbocycles. The molecule has 0 fully saturated rings. The highest BCUT2D eigenvalue weighted by molar-refractivity contribution is 6.07. The molecule has 0 aromatic heterocycles. The van der Waals surface area contributed by atoms with Gasteiger partial charge >= 0.3 is 17.9 Å². The van der Waals surface area contributed by atoms with Crippen molar-refractivity contribution in [3.63, 3.8) is 0 Å². The summed E-state index contributed by atoms with van der Waals surface area (Å²) in [5.74, 6) is -2.89. The first-order valence-electron chi connectivity index (χ1n) is 10.8. The van der Waals surface area contributed by atoms with Crippen LogP contribution in [-0.4, -0.2) is 43.4 Å². The van der Waals surface area contributed by atoms with Crippen LogP contribution in [0.3, 0.4) is 0 Å². The van der Waals surface area contributed by atoms with Gasteiger partial charge in [-0.1, -0.05) is 24.3 Å². The van der Waals surface area contributed by atoms with Gasteiger partial charge in [-0.3, -0.25) is 9.79 Å². The first-order valence-corrected chi connectivity index (χ1v) is 10.8. The van der Waals surface area contributed by atoms with Crippen LogP contribution >= 0.6 is 0 Å². The maximum atomic E-state index is 13.0. The van der Waals surface area contributed by atoms with Gasteiger partial charge in [-0.25, -0.2) is 9.59 Å². The monoisotopic (exact) mass is 441 g/mol. The standard InChI is InChI=1S/C25H31NO6/c1-7-30-23(27)15(4)14-18-12-10-11-13-19(18)22-20(24(28)31-8-2)16(5)26-17(6)21(22)25(29)32-9-3/h10-14,20,22H,7-9H2,1-6H3. The highest BCUT2D eigenvalue weighted by Gasteiger charge is 2.43. The van der Waals surface area contributed by atoms with E-state index in [1.54, 1.807) is 47.6 Å². The number of aliphatic imine (C=N–C) groups is 1. The van der Waals surface area contributed by atoms with E-state index in [4.69, 9.17) is 14.2 Å². The van der Waals surface area contributed by atoms with Crippen LogP contribution in [-0.2, 0) is 28.6 Å². The number of hydrogen-bond donors (Lipinski definition) is 0. The van der Waals surface area contributed by atoms with Crippen molar-refractivity contribution in [3.05, 3.63) is 52.2 Å². The average Bonchev–Trinajstić information content (AvgIpc) is 2.74. The van der Waals surface area contributed by atoms with Crippen LogP contribution in [0.15, 0.2) is 46.1 Å². The third-order valence-corrected chi connectivity index (χ3v) is 5.16. The molecule has 7 heteroatoms. The van der Waals surface area contributed by atoms with E-state index in [0.717, 1.165) is 0 Å². The molecule has 2 atom stereocenters. The molecule has 2 rings (SSSR count). The van der Waals surface area contributed by atoms with Gasteiger partial charge in [0.15, 0.2) is 0 Å². The van der Waals surface area contributed by atoms with Crippen molar-refractivity contribution in [1.29, 1.82) is 0 Å². The van der Waals surface area contributed by atoms with Crippen molar-refractivity contribution in [2.45, 2.75) is 47.5 Å². The normalized spacial score (nSPS) is 18.7. The Bertz CT molecular complexity index is 972. The Morgan fingerprint density at radius 3 is 2.22 bits per heavy atom. The van der Waals surface area contributed by atoms with Crippen molar-refractivity contribution in [1.82, 2.24) is 0 Å². The maximum Gasteiger partial charge on any atom is 0.336 e. The molecule has 0 amide bonds. The van der Waals surface area contributed by atoms with Crippen LogP contribution in [0.1, 0.15) is 58.6 Å². The number of nitrogens with zero attached hydrogens (tertiary/aromatic N) is 1. The second-order valence-corrected chi connectivity index (χ2v) is 7.36. The first kappa shape index (κ1) is 25.0. The molecule has 0 spiro atoms. The Morgan fingerprint density at radius 2 is 1.59 bits per heavy atom. The zero-order chi connectivity index (χ0) is 23.8. The van der Waals surface area contributed by atoms with Crippen LogP contribution in [0.4, 0.5) is 0 Å². The van der Waals surface area contributed by atoms with Crippen LogP contribution in [0.25, 0.3) is 6.08 Å². The third kappa shape index (κ3) is 5.52. The zero-order valence-corrected chi connectivity index (χ0v) is 19.6. The molecular weight excluding hydrogens is 410 g/mol. The molecule has 1 aliphatic rings. The Labute approximate surface area is 189 Å². The predicted octanol–water partition coefficient (Wildman–Crippen LogP) is 4.23. The summed E-state index contributed by atoms with van der Waals surface area (Å²) in [5.41, 5.74) is 3.16. The molecular formula is C25H31NO6. The van der Waals surface area contributed by atoms with Gasteiger partial charge in [0, 0.05) is 22.9 Å². The molecule has 0 radical (unpaired) electrons. The third-order valence-electron chi connectivity index (χ3n) is 5.16. The highest BCUT2D eigenvalue weighted by atomic mass is 16.5. The van der Waals surface area contributed by atoms with Gasteiger partial charge in [0.05, 0.1) is 25.4 Å². The van der Waals surface area contributed by atoms with E-state index in [1.165, 1.54) is 0 Å². The predicted molar refractivity (Wildman–Crippen MR) is 122 cm³/mol. The minimum absolute atomic E-state index is 0.193. The Kier molecular flexibility index (Phi) is 8.93. The fourth-order valence-corrected chi connectivity index (χ4v) is 3.85. The summed E-state index contributed by atoms with van der Waals surface area (Å²) in [7, 11) is 0. The number of allylic oxidation sites excluding steroid dienone is 1. The number of hydrogen-bond acceptors (Lipinski definition) is 7. The smallest absolute Gasteiger partial charge is 0.336 e. The van der Waals surface area contributed by atoms with Crippen LogP contribution < -0.4 is 0 Å². The van der Waals surface area contributed by atoms with Crippen LogP contribution in [0.5, 0.6) is 0 Å². The van der Waals surface area contributed by atoms with E-state index in [1.807, 2.05) is 24.3 Å². The lowest BCUT2D eigenvalue weighted by Crippen LogP contribution is -2.37. The number of carbonyl (C=O) groups excluding carboxylic acids is 3. The fraction of sp³-hybridized carbons (Fsp3) is 0.440. The van der Waals surface area contributed by atoms with Gasteiger partial charge in [-0.15, -0.1) is 0 Å². The summed E-state index contributed by atoms with van der Waals surface area (Å²) in [4.78, 5) is 42.6. The van der Waals surface area contributed by atoms with E-state index in [0.29, 0.717) is 33.7 Å². The van der Waals surface area contributed by atoms with Gasteiger partial charge in [-0.05, 0) is 58.7 Å². The lowest BCUT2D eigenvalue weighted by molar-refractivity contribution is -0.146. The van der Waals surface area contributed by atoms with Crippen molar-refractivity contribution in [3.8, 4) is 0 Å². The summed E-state index contributed by atoms with van der Waals surface area (Å²) in [6, 6.07) is 7.33. The molecule has 2 unspecified atom stereocenters. The largest absolute Gasteiger partial charge is 0.465 e. The number of benzene rings is 1. The second kappa shape index (κ2) is 11.4. The summed E-state index contributed by atoms with van der Waals surface area (Å²) in [5, 5.41) is 0. The van der Waals surface area contributed by atoms with Crippen LogP contribution in [0.2, 0.25) is 0 Å². The summed E-state index contributed by atoms with van der Waals surface area (Å²) < 4.78 is 15.7. The highest BCUT2D eigenvalue weighted by Crippen LogP contribution is 2.41. The quantitative estimate of drug-likeness (QED) is 0.341. The summed E-state index contributed by atoms with van der Waals surface area (Å²) in [6.07, 6.45) is 1.70. The van der Waals surface area contributed by atoms with Gasteiger partial charge in [0.1, 0.15) is 5.92 Å². The molecule has 0 N–H and O–H groups in total. The van der Waals surface area contributed by atoms with Crippen LogP contribution in [0, 0.1) is 5.92 Å². The molecule has 1 aliphatic heterocycles. The lowest BCUT2D eigenvalue weighted by Gasteiger charge is -2.32. The SMILES string of the molecule is CCOC(=O)C(C)=Cc1ccccc1C1C(C(=O)OCC)=C(C)N=C(C)C1C(=O)OCC. The Hall–Kier alpha value is -3.22. The fourth-order valence-electron chi connectivity index (χ4n) is 3.85. The molecule has 1 aromatic rings. The van der Waals surface area contributed by atoms with E-state index in [9.17, 15) is 14.4 Å². The summed E-state index contributed by atoms with van der Waals surface area (Å²) in [6.45, 7) is 11.0. The molecule has 7 nitrogen and oxygen atoms in total. The molecule has 0 saturated heterocycles. The number of carbonyl (C=O) groups is 3. The Balaban J connectivity index is 2.72. The molecule has 0 saturated carbocycles. The van der Waals surface area contributed by atoms with Crippen molar-refractivity contribution in [2.24, 2.45) is 10.9 Å². The second-order valence-electron chi connectivity index (χ2n) is 7.36. The zero-order valence-electron chi connectivity index (χ0n) is 19.6. The van der Waals surface area contributed by atoms with Crippen molar-refractivity contribution >= 4 is 29.7 Å². The first-order chi connectivity index (χ1) is 15.3. The lowest BCUT2D eigenvalue weighted by atomic mass is 9.74. The van der Waals surface area contributed by atoms with Crippen molar-refractivity contribution in [2.75, 3.05) is 19.8 Å². The van der Waals surface area contributed by atoms with Gasteiger partial charge < -0.3 is 14.2 Å². The van der Waals surface area contributed by atoms with Gasteiger partial charge in [0.2, 0.25) is 0 Å². The molecule has 32 heavy (non-hydrogen) atoms. The maximum absolute atomic E-state index is 13.0. The minimum atomic E-state index is -0.796. The molecule has 1 heterocycles. The minimum Gasteiger partial charge on any atom is -0.465 e. The molecule has 1 aromatic carbocycles. The van der Waals surface area contributed by atoms with Crippen molar-refractivity contribution < 1.29 is 28.6 Å². The van der Waals surface area contributed by atoms with E-state index in [-0.39, 0.29) is 19.8 Å². The van der Waals surface area contributed by atoms with E-state index < -0.39 is 29.7 Å². The topological polar surface area (TPSA) is 91.3 Å². The number of esters is 3. The number of rotatable bonds is 8. The van der Waals surface area contributed by atoms with E-state index in [2.05, 4.69) is 4.99 Å². The summed E-state index contributed by atoms with van der Waals surface area (Å²) >= 11 is 0.